The number of hydrogen-bond acceptors (Lipinski definition) is 1. The molecule has 1 unspecified atom stereocenters. The number of alkyl halides is 1. The molecule has 0 radical (unpaired) electrons. The molecular formula is C5H9ClO. The van der Waals surface area contributed by atoms with Crippen molar-refractivity contribution in [2.75, 3.05) is 5.88 Å². The lowest BCUT2D eigenvalue weighted by Gasteiger charge is -1.88. The van der Waals surface area contributed by atoms with Gasteiger partial charge >= 0.3 is 0 Å². The van der Waals surface area contributed by atoms with E-state index in [9.17, 15) is 0 Å². The highest BCUT2D eigenvalue weighted by molar-refractivity contribution is 6.18. The first-order chi connectivity index (χ1) is 3.27. The zero-order valence-electron chi connectivity index (χ0n) is 4.26. The van der Waals surface area contributed by atoms with Crippen LogP contribution >= 0.6 is 11.6 Å². The lowest BCUT2D eigenvalue weighted by Crippen LogP contribution is -1.91. The fraction of sp³-hybridized carbons (Fsp3) is 0.600. The van der Waals surface area contributed by atoms with E-state index in [-0.39, 0.29) is 6.10 Å². The van der Waals surface area contributed by atoms with E-state index in [1.165, 1.54) is 0 Å². The number of hydrogen-bond donors (Lipinski definition) is 1. The van der Waals surface area contributed by atoms with E-state index in [1.807, 2.05) is 0 Å². The maximum absolute atomic E-state index is 8.54. The Kier molecular flexibility index (Phi) is 4.15. The Morgan fingerprint density at radius 1 is 1.86 bits per heavy atom. The van der Waals surface area contributed by atoms with Gasteiger partial charge in [-0.1, -0.05) is 12.2 Å². The first-order valence-corrected chi connectivity index (χ1v) is 2.71. The highest BCUT2D eigenvalue weighted by Gasteiger charge is 1.80. The standard InChI is InChI=1S/C5H9ClO/c1-5(7)3-2-4-6/h2-3,5,7H,4H2,1H3/b3-2+. The minimum Gasteiger partial charge on any atom is -0.389 e. The molecule has 0 aliphatic carbocycles. The number of aliphatic hydroxyl groups is 1. The number of allylic oxidation sites excluding steroid dienone is 1. The van der Waals surface area contributed by atoms with Gasteiger partial charge in [-0.05, 0) is 6.92 Å². The smallest absolute Gasteiger partial charge is 0.0693 e. The maximum Gasteiger partial charge on any atom is 0.0693 e. The normalized spacial score (nSPS) is 15.3. The molecule has 0 aromatic carbocycles. The van der Waals surface area contributed by atoms with Crippen LogP contribution in [-0.2, 0) is 0 Å². The number of aliphatic hydroxyl groups excluding tert-OH is 1. The minimum atomic E-state index is -0.362. The van der Waals surface area contributed by atoms with E-state index < -0.39 is 0 Å². The van der Waals surface area contributed by atoms with Crippen molar-refractivity contribution >= 4 is 11.6 Å². The van der Waals surface area contributed by atoms with Crippen molar-refractivity contribution in [2.24, 2.45) is 0 Å². The zero-order chi connectivity index (χ0) is 5.70. The van der Waals surface area contributed by atoms with E-state index in [0.29, 0.717) is 5.88 Å². The van der Waals surface area contributed by atoms with Gasteiger partial charge in [0, 0.05) is 5.88 Å². The average Bonchev–Trinajstić information content (AvgIpc) is 1.61. The van der Waals surface area contributed by atoms with Crippen LogP contribution in [0, 0.1) is 0 Å². The molecule has 7 heavy (non-hydrogen) atoms. The molecule has 0 fully saturated rings. The van der Waals surface area contributed by atoms with E-state index in [1.54, 1.807) is 19.1 Å². The molecule has 0 saturated carbocycles. The Bertz CT molecular complexity index is 59.1. The highest BCUT2D eigenvalue weighted by atomic mass is 35.5. The van der Waals surface area contributed by atoms with Crippen LogP contribution in [-0.4, -0.2) is 17.1 Å². The predicted molar refractivity (Wildman–Crippen MR) is 31.5 cm³/mol. The first kappa shape index (κ1) is 6.99. The third-order valence-electron chi connectivity index (χ3n) is 0.504. The van der Waals surface area contributed by atoms with Crippen LogP contribution < -0.4 is 0 Å². The van der Waals surface area contributed by atoms with E-state index in [4.69, 9.17) is 16.7 Å². The SMILES string of the molecule is CC(O)/C=C/CCl. The van der Waals surface area contributed by atoms with Crippen molar-refractivity contribution < 1.29 is 5.11 Å². The lowest BCUT2D eigenvalue weighted by molar-refractivity contribution is 0.244. The third-order valence-corrected chi connectivity index (χ3v) is 0.682. The van der Waals surface area contributed by atoms with Crippen molar-refractivity contribution in [2.45, 2.75) is 13.0 Å². The lowest BCUT2D eigenvalue weighted by atomic mass is 10.4. The molecule has 1 nitrogen and oxygen atoms in total. The van der Waals surface area contributed by atoms with Crippen LogP contribution in [0.4, 0.5) is 0 Å². The summed E-state index contributed by atoms with van der Waals surface area (Å²) in [6, 6.07) is 0. The van der Waals surface area contributed by atoms with Crippen LogP contribution in [0.25, 0.3) is 0 Å². The van der Waals surface area contributed by atoms with Gasteiger partial charge in [-0.25, -0.2) is 0 Å². The average molecular weight is 121 g/mol. The van der Waals surface area contributed by atoms with Crippen LogP contribution in [0.15, 0.2) is 12.2 Å². The first-order valence-electron chi connectivity index (χ1n) is 2.18. The summed E-state index contributed by atoms with van der Waals surface area (Å²) in [6.45, 7) is 1.68. The summed E-state index contributed by atoms with van der Waals surface area (Å²) < 4.78 is 0. The molecule has 0 amide bonds. The van der Waals surface area contributed by atoms with Crippen molar-refractivity contribution in [1.82, 2.24) is 0 Å². The molecule has 0 aromatic rings. The Morgan fingerprint density at radius 3 is 2.57 bits per heavy atom. The van der Waals surface area contributed by atoms with Gasteiger partial charge in [0.2, 0.25) is 0 Å². The van der Waals surface area contributed by atoms with Crippen LogP contribution in [0.5, 0.6) is 0 Å². The quantitative estimate of drug-likeness (QED) is 0.428. The van der Waals surface area contributed by atoms with Gasteiger partial charge < -0.3 is 5.11 Å². The Labute approximate surface area is 48.6 Å². The molecule has 1 atom stereocenters. The summed E-state index contributed by atoms with van der Waals surface area (Å²) in [6.07, 6.45) is 3.00. The summed E-state index contributed by atoms with van der Waals surface area (Å²) in [4.78, 5) is 0. The number of halogens is 1. The summed E-state index contributed by atoms with van der Waals surface area (Å²) in [7, 11) is 0. The molecule has 1 N–H and O–H groups in total. The fourth-order valence-electron chi connectivity index (χ4n) is 0.248. The summed E-state index contributed by atoms with van der Waals surface area (Å²) >= 11 is 5.25. The predicted octanol–water partition coefficient (Wildman–Crippen LogP) is 1.16. The molecule has 0 heterocycles. The fourth-order valence-corrected chi connectivity index (χ4v) is 0.351. The second-order valence-electron chi connectivity index (χ2n) is 1.32. The summed E-state index contributed by atoms with van der Waals surface area (Å²) in [5.41, 5.74) is 0. The molecule has 0 aliphatic rings. The van der Waals surface area contributed by atoms with Crippen molar-refractivity contribution in [3.63, 3.8) is 0 Å². The second kappa shape index (κ2) is 4.16. The summed E-state index contributed by atoms with van der Waals surface area (Å²) in [5.74, 6) is 0.477. The molecule has 42 valence electrons. The molecule has 0 saturated heterocycles. The van der Waals surface area contributed by atoms with E-state index in [2.05, 4.69) is 0 Å². The van der Waals surface area contributed by atoms with Crippen molar-refractivity contribution in [3.8, 4) is 0 Å². The van der Waals surface area contributed by atoms with Crippen molar-refractivity contribution in [1.29, 1.82) is 0 Å². The van der Waals surface area contributed by atoms with Crippen LogP contribution in [0.2, 0.25) is 0 Å². The molecule has 2 heteroatoms. The zero-order valence-corrected chi connectivity index (χ0v) is 5.02. The Balaban J connectivity index is 3.08. The van der Waals surface area contributed by atoms with Gasteiger partial charge in [0.05, 0.1) is 6.10 Å². The van der Waals surface area contributed by atoms with E-state index >= 15 is 0 Å². The van der Waals surface area contributed by atoms with Gasteiger partial charge in [0.25, 0.3) is 0 Å². The van der Waals surface area contributed by atoms with Gasteiger partial charge in [-0.2, -0.15) is 0 Å². The minimum absolute atomic E-state index is 0.362. The summed E-state index contributed by atoms with van der Waals surface area (Å²) in [5, 5.41) is 8.54. The van der Waals surface area contributed by atoms with Crippen LogP contribution in [0.3, 0.4) is 0 Å². The molecule has 0 bridgehead atoms. The van der Waals surface area contributed by atoms with Gasteiger partial charge in [-0.15, -0.1) is 11.6 Å². The molecule has 0 aliphatic heterocycles. The van der Waals surface area contributed by atoms with E-state index in [0.717, 1.165) is 0 Å². The maximum atomic E-state index is 8.54. The molecular weight excluding hydrogens is 112 g/mol. The second-order valence-corrected chi connectivity index (χ2v) is 1.63. The highest BCUT2D eigenvalue weighted by Crippen LogP contribution is 1.83. The molecule has 0 aromatic heterocycles. The van der Waals surface area contributed by atoms with Gasteiger partial charge in [0.1, 0.15) is 0 Å². The van der Waals surface area contributed by atoms with Crippen molar-refractivity contribution in [3.05, 3.63) is 12.2 Å². The molecule has 0 spiro atoms. The Hall–Kier alpha value is -0.0100. The monoisotopic (exact) mass is 120 g/mol. The van der Waals surface area contributed by atoms with Crippen LogP contribution in [0.1, 0.15) is 6.92 Å². The van der Waals surface area contributed by atoms with Gasteiger partial charge in [-0.3, -0.25) is 0 Å². The topological polar surface area (TPSA) is 20.2 Å². The number of rotatable bonds is 2. The molecule has 0 rings (SSSR count). The van der Waals surface area contributed by atoms with Gasteiger partial charge in [0.15, 0.2) is 0 Å². The third kappa shape index (κ3) is 5.99. The largest absolute Gasteiger partial charge is 0.389 e. The Morgan fingerprint density at radius 2 is 2.43 bits per heavy atom.